The summed E-state index contributed by atoms with van der Waals surface area (Å²) in [6.07, 6.45) is 0. The fourth-order valence-corrected chi connectivity index (χ4v) is 0.164. The van der Waals surface area contributed by atoms with E-state index in [9.17, 15) is 9.59 Å². The molecule has 0 radical (unpaired) electrons. The minimum atomic E-state index is -0.500. The fraction of sp³-hybridized carbons (Fsp3) is 0. The molecule has 0 rings (SSSR count). The summed E-state index contributed by atoms with van der Waals surface area (Å²) in [4.78, 5) is 26.7. The Morgan fingerprint density at radius 1 is 1.09 bits per heavy atom. The van der Waals surface area contributed by atoms with Gasteiger partial charge in [-0.1, -0.05) is 0 Å². The van der Waals surface area contributed by atoms with Gasteiger partial charge in [-0.25, -0.2) is 0 Å². The first-order chi connectivity index (χ1) is 4.83. The molecule has 0 unspecified atom stereocenters. The van der Waals surface area contributed by atoms with Gasteiger partial charge in [0.25, 0.3) is 12.3 Å². The van der Waals surface area contributed by atoms with E-state index in [0.29, 0.717) is 12.3 Å². The van der Waals surface area contributed by atoms with Crippen molar-refractivity contribution in [3.8, 4) is 0 Å². The second kappa shape index (κ2) is 22.6. The quantitative estimate of drug-likeness (QED) is 0.190. The summed E-state index contributed by atoms with van der Waals surface area (Å²) in [7, 11) is 0. The van der Waals surface area contributed by atoms with Crippen LogP contribution in [0, 0.1) is 0 Å². The van der Waals surface area contributed by atoms with Gasteiger partial charge in [-0.2, -0.15) is 0 Å². The van der Waals surface area contributed by atoms with E-state index in [2.05, 4.69) is 8.37 Å². The van der Waals surface area contributed by atoms with Crippen LogP contribution in [0.4, 0.5) is 0 Å². The first-order valence-electron chi connectivity index (χ1n) is 1.75. The Labute approximate surface area is 88.9 Å². The average molecular weight is 190 g/mol. The molecule has 8 heteroatoms. The van der Waals surface area contributed by atoms with E-state index in [4.69, 9.17) is 9.90 Å². The van der Waals surface area contributed by atoms with Crippen molar-refractivity contribution in [2.24, 2.45) is 0 Å². The molecule has 6 nitrogen and oxygen atoms in total. The third-order valence-corrected chi connectivity index (χ3v) is 0.471. The molecule has 0 spiro atoms. The molecule has 0 aliphatic heterocycles. The first-order valence-corrected chi connectivity index (χ1v) is 2.41. The first kappa shape index (κ1) is 17.0. The van der Waals surface area contributed by atoms with Crippen LogP contribution in [0.1, 0.15) is 0 Å². The molecule has 0 heterocycles. The summed E-state index contributed by atoms with van der Waals surface area (Å²) in [5, 5.41) is 8.25. The maximum Gasteiger partial charge on any atom is 1.00 e. The Morgan fingerprint density at radius 3 is 1.55 bits per heavy atom. The zero-order valence-corrected chi connectivity index (χ0v) is 8.41. The Kier molecular flexibility index (Phi) is 34.9. The minimum Gasteiger partial charge on any atom is -0.554 e. The van der Waals surface area contributed by atoms with Gasteiger partial charge in [-0.3, -0.25) is 9.59 Å². The summed E-state index contributed by atoms with van der Waals surface area (Å²) in [5.74, 6) is 0. The third-order valence-electron chi connectivity index (χ3n) is 0.157. The van der Waals surface area contributed by atoms with E-state index in [1.807, 2.05) is 0 Å². The van der Waals surface area contributed by atoms with Gasteiger partial charge in [-0.15, -0.1) is 0 Å². The van der Waals surface area contributed by atoms with Crippen LogP contribution in [-0.2, 0) is 22.7 Å². The third kappa shape index (κ3) is 41.6. The molecule has 0 aromatic rings. The molecular formula is C3H3NaO6S. The van der Waals surface area contributed by atoms with Crippen LogP contribution in [0.5, 0.6) is 0 Å². The molecule has 0 aromatic heterocycles. The van der Waals surface area contributed by atoms with Crippen LogP contribution in [0.2, 0.25) is 0 Å². The summed E-state index contributed by atoms with van der Waals surface area (Å²) >= 11 is 0.317. The van der Waals surface area contributed by atoms with E-state index in [1.54, 1.807) is 0 Å². The number of rotatable bonds is 4. The van der Waals surface area contributed by atoms with Gasteiger partial charge in [0.15, 0.2) is 0 Å². The normalized spacial score (nSPS) is 5.45. The zero-order valence-electron chi connectivity index (χ0n) is 5.59. The van der Waals surface area contributed by atoms with Crippen LogP contribution in [0.25, 0.3) is 0 Å². The van der Waals surface area contributed by atoms with Crippen molar-refractivity contribution in [1.29, 1.82) is 0 Å². The van der Waals surface area contributed by atoms with Crippen molar-refractivity contribution in [3.63, 3.8) is 0 Å². The summed E-state index contributed by atoms with van der Waals surface area (Å²) in [5.41, 5.74) is 0. The predicted molar refractivity (Wildman–Crippen MR) is 28.0 cm³/mol. The van der Waals surface area contributed by atoms with Crippen LogP contribution < -0.4 is 34.7 Å². The van der Waals surface area contributed by atoms with Crippen LogP contribution >= 0.6 is 12.3 Å². The molecule has 11 heavy (non-hydrogen) atoms. The van der Waals surface area contributed by atoms with Crippen molar-refractivity contribution in [2.75, 3.05) is 0 Å². The van der Waals surface area contributed by atoms with Gasteiger partial charge in [0.2, 0.25) is 0 Å². The monoisotopic (exact) mass is 190 g/mol. The minimum absolute atomic E-state index is 0. The summed E-state index contributed by atoms with van der Waals surface area (Å²) < 4.78 is 7.71. The van der Waals surface area contributed by atoms with Crippen molar-refractivity contribution >= 4 is 31.7 Å². The Bertz CT molecular complexity index is 89.8. The Morgan fingerprint density at radius 2 is 1.36 bits per heavy atom. The van der Waals surface area contributed by atoms with Gasteiger partial charge < -0.3 is 18.3 Å². The molecule has 0 atom stereocenters. The Hall–Kier alpha value is -0.240. The summed E-state index contributed by atoms with van der Waals surface area (Å²) in [6, 6.07) is 0. The van der Waals surface area contributed by atoms with Crippen LogP contribution in [-0.4, -0.2) is 19.4 Å². The second-order valence-electron chi connectivity index (χ2n) is 0.549. The van der Waals surface area contributed by atoms with Gasteiger partial charge in [-0.05, 0) is 0 Å². The maximum atomic E-state index is 9.24. The largest absolute Gasteiger partial charge is 1.00 e. The number of hydrogen-bond donors (Lipinski definition) is 0. The van der Waals surface area contributed by atoms with Gasteiger partial charge in [0.05, 0.1) is 0 Å². The number of carbonyl (C=O) groups is 3. The molecule has 0 fully saturated rings. The predicted octanol–water partition coefficient (Wildman–Crippen LogP) is -4.73. The molecule has 0 aliphatic carbocycles. The Balaban J connectivity index is -0.000000140. The van der Waals surface area contributed by atoms with Gasteiger partial charge in [0, 0.05) is 6.47 Å². The van der Waals surface area contributed by atoms with E-state index in [-0.39, 0.29) is 42.5 Å². The van der Waals surface area contributed by atoms with Crippen LogP contribution in [0.3, 0.4) is 0 Å². The smallest absolute Gasteiger partial charge is 0.554 e. The molecule has 0 aliphatic rings. The topological polar surface area (TPSA) is 92.7 Å². The standard InChI is InChI=1S/C2H2O4S.CH2O2.Na/c3-1-5-7-6-2-4;2-1-3;/h1-2H;1H,(H,2,3);/q;;+1/p-1. The average Bonchev–Trinajstić information content (AvgIpc) is 1.91. The second-order valence-corrected chi connectivity index (χ2v) is 1.07. The van der Waals surface area contributed by atoms with Gasteiger partial charge >= 0.3 is 42.5 Å². The molecule has 0 bridgehead atoms. The molecule has 0 saturated carbocycles. The van der Waals surface area contributed by atoms with Gasteiger partial charge in [0.1, 0.15) is 0 Å². The van der Waals surface area contributed by atoms with E-state index in [0.717, 1.165) is 0 Å². The molecule has 0 N–H and O–H groups in total. The molecule has 0 aromatic carbocycles. The molecular weight excluding hydrogens is 187 g/mol. The number of carbonyl (C=O) groups excluding carboxylic acids is 3. The maximum absolute atomic E-state index is 9.24. The summed E-state index contributed by atoms with van der Waals surface area (Å²) in [6.45, 7) is -0.178. The fourth-order valence-electron chi connectivity index (χ4n) is 0.0548. The molecule has 58 valence electrons. The van der Waals surface area contributed by atoms with E-state index in [1.165, 1.54) is 0 Å². The number of hydrogen-bond acceptors (Lipinski definition) is 7. The van der Waals surface area contributed by atoms with Crippen molar-refractivity contribution < 1.29 is 57.4 Å². The van der Waals surface area contributed by atoms with E-state index < -0.39 is 6.47 Å². The van der Waals surface area contributed by atoms with Crippen molar-refractivity contribution in [1.82, 2.24) is 0 Å². The van der Waals surface area contributed by atoms with Crippen molar-refractivity contribution in [3.05, 3.63) is 0 Å². The SMILES string of the molecule is O=COSOC=O.O=C[O-].[Na+]. The molecule has 0 saturated heterocycles. The van der Waals surface area contributed by atoms with Crippen LogP contribution in [0.15, 0.2) is 0 Å². The molecule has 0 amide bonds. The van der Waals surface area contributed by atoms with E-state index >= 15 is 0 Å². The number of carboxylic acid groups (broad SMARTS) is 1. The van der Waals surface area contributed by atoms with Crippen molar-refractivity contribution in [2.45, 2.75) is 0 Å². The zero-order chi connectivity index (χ0) is 8.24.